The number of aromatic hydroxyl groups is 1. The van der Waals surface area contributed by atoms with Crippen LogP contribution in [0.25, 0.3) is 33.3 Å². The van der Waals surface area contributed by atoms with E-state index in [1.165, 1.54) is 9.91 Å². The number of carbonyl (C=O) groups is 4. The van der Waals surface area contributed by atoms with Gasteiger partial charge in [-0.15, -0.1) is 0 Å². The highest BCUT2D eigenvalue weighted by molar-refractivity contribution is 5.96. The molecule has 1 saturated heterocycles. The summed E-state index contributed by atoms with van der Waals surface area (Å²) in [5.74, 6) is -2.23. The molecule has 4 aromatic rings. The number of methoxy groups -OCH3 is 1. The molecule has 2 aliphatic heterocycles. The summed E-state index contributed by atoms with van der Waals surface area (Å²) in [7, 11) is 3.34. The van der Waals surface area contributed by atoms with Crippen LogP contribution in [0.2, 0.25) is 0 Å². The number of rotatable bonds is 9. The van der Waals surface area contributed by atoms with E-state index in [1.54, 1.807) is 32.5 Å². The number of pyridine rings is 1. The molecule has 0 radical (unpaired) electrons. The highest BCUT2D eigenvalue weighted by Gasteiger charge is 2.40. The number of phenols is 1. The molecule has 2 aromatic heterocycles. The number of nitrogens with two attached hydrogens (primary N) is 1. The van der Waals surface area contributed by atoms with Gasteiger partial charge in [0.05, 0.1) is 30.0 Å². The predicted octanol–water partition coefficient (Wildman–Crippen LogP) is 7.23. The number of cyclic esters (lactones) is 1. The minimum Gasteiger partial charge on any atom is -0.508 e. The Balaban J connectivity index is 1.32. The lowest BCUT2D eigenvalue weighted by atomic mass is 9.84. The van der Waals surface area contributed by atoms with Gasteiger partial charge < -0.3 is 35.1 Å². The molecule has 4 heterocycles. The van der Waals surface area contributed by atoms with Gasteiger partial charge in [-0.3, -0.25) is 29.2 Å². The van der Waals surface area contributed by atoms with Crippen LogP contribution in [0.4, 0.5) is 0 Å². The number of carbonyl (C=O) groups excluding carboxylic acids is 4. The summed E-state index contributed by atoms with van der Waals surface area (Å²) in [4.78, 5) is 63.8. The van der Waals surface area contributed by atoms with Crippen LogP contribution in [0, 0.1) is 17.3 Å². The molecule has 1 saturated carbocycles. The van der Waals surface area contributed by atoms with Crippen LogP contribution in [-0.2, 0) is 48.0 Å². The summed E-state index contributed by atoms with van der Waals surface area (Å²) < 4.78 is 14.2. The van der Waals surface area contributed by atoms with Gasteiger partial charge in [0.15, 0.2) is 0 Å². The molecule has 6 atom stereocenters. The van der Waals surface area contributed by atoms with Gasteiger partial charge in [0.2, 0.25) is 11.8 Å². The topological polar surface area (TPSA) is 181 Å². The number of esters is 1. The lowest BCUT2D eigenvalue weighted by molar-refractivity contribution is -0.155. The lowest BCUT2D eigenvalue weighted by Crippen LogP contribution is -2.62. The van der Waals surface area contributed by atoms with Crippen LogP contribution in [0.1, 0.15) is 116 Å². The van der Waals surface area contributed by atoms with Crippen LogP contribution >= 0.6 is 0 Å². The Morgan fingerprint density at radius 3 is 2.52 bits per heavy atom. The highest BCUT2D eigenvalue weighted by atomic mass is 16.5. The minimum atomic E-state index is -1.13. The number of hydrazine groups is 1. The molecule has 66 heavy (non-hydrogen) atoms. The fraction of sp³-hybridized carbons (Fsp3) is 0.558. The summed E-state index contributed by atoms with van der Waals surface area (Å²) in [6.45, 7) is 13.2. The Labute approximate surface area is 389 Å². The number of likely N-dealkylation sites (N-methyl/N-ethyl adjacent to an activating group) is 1. The average molecular weight is 906 g/mol. The summed E-state index contributed by atoms with van der Waals surface area (Å²) in [5, 5.41) is 16.8. The van der Waals surface area contributed by atoms with Crippen molar-refractivity contribution in [3.8, 4) is 28.1 Å². The van der Waals surface area contributed by atoms with Crippen LogP contribution in [0.5, 0.6) is 5.75 Å². The number of fused-ring (bicyclic) bond motifs is 6. The average Bonchev–Trinajstić information content (AvgIpc) is 3.59. The fourth-order valence-electron chi connectivity index (χ4n) is 10.5. The Kier molecular flexibility index (Phi) is 15.2. The van der Waals surface area contributed by atoms with Gasteiger partial charge in [-0.25, -0.2) is 5.43 Å². The molecular formula is C52H71N7O7. The summed E-state index contributed by atoms with van der Waals surface area (Å²) in [5.41, 5.74) is 16.3. The first kappa shape index (κ1) is 48.6. The molecule has 7 rings (SSSR count). The first-order valence-electron chi connectivity index (χ1n) is 24.0. The maximum atomic E-state index is 14.8. The van der Waals surface area contributed by atoms with Gasteiger partial charge >= 0.3 is 5.97 Å². The number of benzene rings is 2. The second-order valence-corrected chi connectivity index (χ2v) is 19.9. The van der Waals surface area contributed by atoms with Crippen molar-refractivity contribution in [1.82, 2.24) is 30.2 Å². The Hall–Kier alpha value is -5.31. The molecule has 5 N–H and O–H groups in total. The molecule has 2 fully saturated rings. The smallest absolute Gasteiger partial charge is 0.324 e. The number of nitrogens with zero attached hydrogens (tertiary/aromatic N) is 4. The Morgan fingerprint density at radius 1 is 1.03 bits per heavy atom. The van der Waals surface area contributed by atoms with Crippen molar-refractivity contribution in [3.05, 3.63) is 71.5 Å². The first-order valence-corrected chi connectivity index (χ1v) is 24.0. The number of aryl methyl sites for hydroxylation is 1. The van der Waals surface area contributed by atoms with E-state index in [0.29, 0.717) is 44.3 Å². The van der Waals surface area contributed by atoms with Gasteiger partial charge in [0, 0.05) is 67.8 Å². The standard InChI is InChI=1S/C52H71N7O7/c1-9-58-44-21-20-34-28-39(44)40(47(58)38-17-14-22-54-45(38)32(4)65-8)29-52(5,6)30-66-51(64)42-19-15-23-59(56-42)50(63)43(26-33-24-35(34)27-36(60)25-33)55-48(61)46(31(2)3)57(7)49(62)37-16-12-10-11-13-18-41(37)53/h14,17,20-22,24-25,27-28,31-32,37,41-43,46,56,60H,9-13,15-16,18-19,23,26,29-30,53H2,1-8H3,(H,55,61)/t32-,37+,41-,42-,43-,46-/m0/s1. The number of ether oxygens (including phenoxy) is 2. The quantitative estimate of drug-likeness (QED) is 0.125. The molecule has 0 spiro atoms. The van der Waals surface area contributed by atoms with Gasteiger partial charge in [-0.05, 0) is 111 Å². The Morgan fingerprint density at radius 2 is 1.79 bits per heavy atom. The van der Waals surface area contributed by atoms with Crippen molar-refractivity contribution in [2.45, 2.75) is 143 Å². The van der Waals surface area contributed by atoms with E-state index in [4.69, 9.17) is 20.2 Å². The number of nitrogens with one attached hydrogen (secondary N) is 2. The second kappa shape index (κ2) is 20.7. The minimum absolute atomic E-state index is 0.0103. The van der Waals surface area contributed by atoms with E-state index < -0.39 is 47.2 Å². The van der Waals surface area contributed by atoms with Crippen molar-refractivity contribution in [2.75, 3.05) is 27.3 Å². The van der Waals surface area contributed by atoms with Crippen molar-refractivity contribution >= 4 is 34.6 Å². The molecule has 14 nitrogen and oxygen atoms in total. The molecule has 356 valence electrons. The van der Waals surface area contributed by atoms with Gasteiger partial charge in [0.25, 0.3) is 5.91 Å². The molecule has 14 heteroatoms. The van der Waals surface area contributed by atoms with Gasteiger partial charge in [-0.2, -0.15) is 0 Å². The van der Waals surface area contributed by atoms with Crippen LogP contribution in [-0.4, -0.2) is 99.7 Å². The fourth-order valence-corrected chi connectivity index (χ4v) is 10.5. The van der Waals surface area contributed by atoms with E-state index in [9.17, 15) is 24.3 Å². The van der Waals surface area contributed by atoms with E-state index in [0.717, 1.165) is 76.6 Å². The first-order chi connectivity index (χ1) is 31.5. The van der Waals surface area contributed by atoms with E-state index in [1.807, 2.05) is 39.0 Å². The van der Waals surface area contributed by atoms with E-state index >= 15 is 0 Å². The molecule has 2 aromatic carbocycles. The third-order valence-electron chi connectivity index (χ3n) is 14.0. The summed E-state index contributed by atoms with van der Waals surface area (Å²) in [6.07, 6.45) is 8.49. The van der Waals surface area contributed by atoms with Crippen molar-refractivity contribution < 1.29 is 33.8 Å². The van der Waals surface area contributed by atoms with Crippen LogP contribution < -0.4 is 16.5 Å². The zero-order valence-electron chi connectivity index (χ0n) is 40.2. The number of amides is 3. The molecule has 3 aliphatic rings. The van der Waals surface area contributed by atoms with Crippen molar-refractivity contribution in [2.24, 2.45) is 23.0 Å². The maximum absolute atomic E-state index is 14.8. The Bertz CT molecular complexity index is 2410. The third kappa shape index (κ3) is 10.5. The van der Waals surface area contributed by atoms with Gasteiger partial charge in [-0.1, -0.05) is 65.5 Å². The zero-order valence-corrected chi connectivity index (χ0v) is 40.2. The molecule has 6 bridgehead atoms. The predicted molar refractivity (Wildman–Crippen MR) is 256 cm³/mol. The molecular weight excluding hydrogens is 835 g/mol. The third-order valence-corrected chi connectivity index (χ3v) is 14.0. The maximum Gasteiger partial charge on any atom is 0.324 e. The van der Waals surface area contributed by atoms with Crippen molar-refractivity contribution in [1.29, 1.82) is 0 Å². The normalized spacial score (nSPS) is 22.7. The van der Waals surface area contributed by atoms with Crippen molar-refractivity contribution in [3.63, 3.8) is 0 Å². The van der Waals surface area contributed by atoms with E-state index in [-0.39, 0.29) is 42.7 Å². The SMILES string of the molecule is CCn1c(-c2cccnc2[C@H](C)OC)c2c3cc(ccc31)-c1cc(O)cc(c1)C[C@H](NC(=O)[C@H](C(C)C)N(C)C(=O)[C@@H]1CCCCCC[C@@H]1N)C(=O)N1CCC[C@H](N1)C(=O)OCC(C)(C)C2. The molecule has 3 amide bonds. The van der Waals surface area contributed by atoms with Gasteiger partial charge in [0.1, 0.15) is 23.9 Å². The number of hydrogen-bond acceptors (Lipinski definition) is 10. The van der Waals surface area contributed by atoms with E-state index in [2.05, 4.69) is 54.3 Å². The van der Waals surface area contributed by atoms with Crippen LogP contribution in [0.15, 0.2) is 54.7 Å². The number of hydrogen-bond donors (Lipinski definition) is 4. The summed E-state index contributed by atoms with van der Waals surface area (Å²) >= 11 is 0. The monoisotopic (exact) mass is 906 g/mol. The zero-order chi connectivity index (χ0) is 47.4. The summed E-state index contributed by atoms with van der Waals surface area (Å²) in [6, 6.07) is 12.5. The van der Waals surface area contributed by atoms with Crippen LogP contribution in [0.3, 0.4) is 0 Å². The second-order valence-electron chi connectivity index (χ2n) is 19.9. The lowest BCUT2D eigenvalue weighted by Gasteiger charge is -2.37. The number of phenolic OH excluding ortho intramolecular Hbond substituents is 1. The number of aromatic nitrogens is 2. The highest BCUT2D eigenvalue weighted by Crippen LogP contribution is 2.42. The largest absolute Gasteiger partial charge is 0.508 e. The molecule has 1 aliphatic carbocycles. The molecule has 0 unspecified atom stereocenters.